The summed E-state index contributed by atoms with van der Waals surface area (Å²) in [6.07, 6.45) is -2.26. The lowest BCUT2D eigenvalue weighted by molar-refractivity contribution is -0.198. The fourth-order valence-electron chi connectivity index (χ4n) is 3.94. The molecule has 0 aromatic carbocycles. The number of hydrogen-bond acceptors (Lipinski definition) is 20. The van der Waals surface area contributed by atoms with E-state index in [-0.39, 0.29) is 54.2 Å². The summed E-state index contributed by atoms with van der Waals surface area (Å²) in [4.78, 5) is 128. The summed E-state index contributed by atoms with van der Waals surface area (Å²) < 4.78 is 28.8. The maximum Gasteiger partial charge on any atom is 0.560 e. The molecule has 0 aliphatic carbocycles. The van der Waals surface area contributed by atoms with Crippen molar-refractivity contribution in [2.24, 2.45) is 0 Å². The Kier molecular flexibility index (Phi) is 26.8. The fraction of sp³-hybridized carbons (Fsp3) is 0.556. The molecule has 4 heterocycles. The highest BCUT2D eigenvalue weighted by atomic mass is 16.9. The van der Waals surface area contributed by atoms with Gasteiger partial charge in [-0.25, -0.2) is 19.2 Å². The van der Waals surface area contributed by atoms with Crippen LogP contribution in [-0.2, 0) is 76.5 Å². The van der Waals surface area contributed by atoms with E-state index in [9.17, 15) is 43.2 Å². The van der Waals surface area contributed by atoms with Crippen molar-refractivity contribution in [2.45, 2.75) is 64.8 Å². The van der Waals surface area contributed by atoms with Gasteiger partial charge in [0.2, 0.25) is 0 Å². The van der Waals surface area contributed by atoms with Gasteiger partial charge in [0.25, 0.3) is 23.6 Å². The zero-order chi connectivity index (χ0) is 45.6. The normalized spacial score (nSPS) is 16.6. The molecule has 24 nitrogen and oxygen atoms in total. The van der Waals surface area contributed by atoms with Crippen LogP contribution >= 0.6 is 0 Å². The first-order valence-corrected chi connectivity index (χ1v) is 17.6. The number of esters is 2. The number of nitrogens with zero attached hydrogens (tertiary/aromatic N) is 4. The van der Waals surface area contributed by atoms with Crippen molar-refractivity contribution < 1.29 is 95.9 Å². The van der Waals surface area contributed by atoms with Crippen LogP contribution in [0.4, 0.5) is 14.4 Å². The Morgan fingerprint density at radius 1 is 0.667 bits per heavy atom. The monoisotopic (exact) mass is 854 g/mol. The maximum atomic E-state index is 11.6. The van der Waals surface area contributed by atoms with E-state index in [1.807, 2.05) is 0 Å². The first-order valence-electron chi connectivity index (χ1n) is 17.6. The van der Waals surface area contributed by atoms with Crippen LogP contribution in [0, 0.1) is 23.7 Å². The molecule has 6 amide bonds. The lowest BCUT2D eigenvalue weighted by Crippen LogP contribution is -2.41. The average molecular weight is 855 g/mol. The van der Waals surface area contributed by atoms with Crippen LogP contribution in [0.2, 0.25) is 0 Å². The van der Waals surface area contributed by atoms with Gasteiger partial charge in [0, 0.05) is 63.7 Å². The van der Waals surface area contributed by atoms with Crippen LogP contribution in [0.5, 0.6) is 0 Å². The molecule has 0 unspecified atom stereocenters. The summed E-state index contributed by atoms with van der Waals surface area (Å²) in [5.74, 6) is 4.97. The van der Waals surface area contributed by atoms with Gasteiger partial charge in [0.15, 0.2) is 6.10 Å². The average Bonchev–Trinajstić information content (AvgIpc) is 3.73. The van der Waals surface area contributed by atoms with E-state index in [0.717, 1.165) is 0 Å². The Labute approximate surface area is 343 Å². The van der Waals surface area contributed by atoms with Crippen LogP contribution in [0.3, 0.4) is 0 Å². The summed E-state index contributed by atoms with van der Waals surface area (Å²) in [5.41, 5.74) is 0. The molecule has 0 aromatic rings. The molecule has 0 bridgehead atoms. The van der Waals surface area contributed by atoms with Crippen molar-refractivity contribution >= 4 is 60.1 Å². The second kappa shape index (κ2) is 30.3. The third kappa shape index (κ3) is 22.8. The molecule has 4 fully saturated rings. The molecule has 0 radical (unpaired) electrons. The summed E-state index contributed by atoms with van der Waals surface area (Å²) >= 11 is 0. The predicted octanol–water partition coefficient (Wildman–Crippen LogP) is -0.722. The van der Waals surface area contributed by atoms with E-state index < -0.39 is 60.0 Å². The number of aliphatic hydroxyl groups is 1. The van der Waals surface area contributed by atoms with Gasteiger partial charge in [0.05, 0.1) is 40.6 Å². The molecule has 330 valence electrons. The Balaban J connectivity index is 0.000000777. The highest BCUT2D eigenvalue weighted by molar-refractivity contribution is 6.02. The molecule has 4 rings (SSSR count). The Morgan fingerprint density at radius 2 is 1.02 bits per heavy atom. The molecule has 0 saturated carbocycles. The summed E-state index contributed by atoms with van der Waals surface area (Å²) in [6, 6.07) is 0. The van der Waals surface area contributed by atoms with Gasteiger partial charge in [-0.05, 0) is 26.7 Å². The van der Waals surface area contributed by atoms with Gasteiger partial charge in [-0.1, -0.05) is 28.7 Å². The van der Waals surface area contributed by atoms with Crippen molar-refractivity contribution in [3.05, 3.63) is 12.7 Å². The largest absolute Gasteiger partial charge is 0.560 e. The second-order valence-corrected chi connectivity index (χ2v) is 11.4. The first kappa shape index (κ1) is 53.1. The molecule has 4 aliphatic rings. The second-order valence-electron chi connectivity index (χ2n) is 11.4. The van der Waals surface area contributed by atoms with Gasteiger partial charge in [-0.2, -0.15) is 14.4 Å². The zero-order valence-electron chi connectivity index (χ0n) is 33.5. The Bertz CT molecular complexity index is 1600. The first-order chi connectivity index (χ1) is 28.4. The van der Waals surface area contributed by atoms with E-state index in [1.165, 1.54) is 21.1 Å². The standard InChI is InChI=1S/C11H15NO5.C9H8N2O7.C9H15NO3.C6H8O3.CO2/c1-9(3-4-10(13)15-2)17-11(14)12-5-7-16-8-6-12;12-5-1-2-6(13)10(5)17-9(16)18-11-7(14)3-4-8(11)15;1-3-8(2)13-9(11)10-4-6-12-7-5-10;1-5(7)3-4-6(8)9-2;2-1-3/h9H,5-8H2,1-2H3;1-4H2;3,8H,1,4-7H2,2H3;5,7H,1-2H3;/t9-;;8-;5-;/m0.00./s1. The number of imide groups is 2. The van der Waals surface area contributed by atoms with Crippen LogP contribution < -0.4 is 0 Å². The van der Waals surface area contributed by atoms with Crippen molar-refractivity contribution in [3.63, 3.8) is 0 Å². The quantitative estimate of drug-likeness (QED) is 0.0891. The van der Waals surface area contributed by atoms with E-state index in [4.69, 9.17) is 33.6 Å². The van der Waals surface area contributed by atoms with Gasteiger partial charge in [0.1, 0.15) is 12.2 Å². The number of ether oxygens (including phenoxy) is 6. The minimum absolute atomic E-state index is 0.0618. The van der Waals surface area contributed by atoms with Crippen molar-refractivity contribution in [1.82, 2.24) is 19.9 Å². The minimum atomic E-state index is -1.48. The molecule has 1 N–H and O–H groups in total. The maximum absolute atomic E-state index is 11.6. The Morgan fingerprint density at radius 3 is 1.35 bits per heavy atom. The number of carbonyl (C=O) groups excluding carboxylic acids is 11. The van der Waals surface area contributed by atoms with E-state index in [1.54, 1.807) is 29.7 Å². The van der Waals surface area contributed by atoms with Crippen molar-refractivity contribution in [2.75, 3.05) is 66.8 Å². The number of aliphatic hydroxyl groups excluding tert-OH is 1. The number of methoxy groups -OCH3 is 2. The zero-order valence-corrected chi connectivity index (χ0v) is 33.5. The minimum Gasteiger partial charge on any atom is -0.459 e. The summed E-state index contributed by atoms with van der Waals surface area (Å²) in [6.45, 7) is 12.8. The van der Waals surface area contributed by atoms with Crippen LogP contribution in [0.1, 0.15) is 46.5 Å². The topological polar surface area (TPSA) is 295 Å². The molecule has 3 atom stereocenters. The van der Waals surface area contributed by atoms with E-state index in [2.05, 4.69) is 49.4 Å². The van der Waals surface area contributed by atoms with Crippen LogP contribution in [-0.4, -0.2) is 170 Å². The summed E-state index contributed by atoms with van der Waals surface area (Å²) in [7, 11) is 2.47. The van der Waals surface area contributed by atoms with Crippen molar-refractivity contribution in [3.8, 4) is 23.7 Å². The lowest BCUT2D eigenvalue weighted by Gasteiger charge is -2.26. The SMILES string of the molecule is C=C[C@H](C)OC(=O)N1CCOCC1.COC(=O)C#C[C@H](C)O.COC(=O)C#C[C@H](C)OC(=O)N1CCOCC1.O=C(ON1C(=O)CCC1=O)ON1C(=O)CCC1=O.O=C=O. The molecule has 60 heavy (non-hydrogen) atoms. The van der Waals surface area contributed by atoms with Crippen molar-refractivity contribution in [1.29, 1.82) is 0 Å². The molecule has 4 saturated heterocycles. The van der Waals surface area contributed by atoms with Gasteiger partial charge in [-0.15, -0.1) is 0 Å². The van der Waals surface area contributed by atoms with Gasteiger partial charge < -0.3 is 43.3 Å². The van der Waals surface area contributed by atoms with E-state index in [0.29, 0.717) is 52.6 Å². The molecule has 24 heteroatoms. The third-order valence-corrected chi connectivity index (χ3v) is 6.91. The predicted molar refractivity (Wildman–Crippen MR) is 193 cm³/mol. The highest BCUT2D eigenvalue weighted by Crippen LogP contribution is 2.16. The molecule has 0 aromatic heterocycles. The van der Waals surface area contributed by atoms with Crippen LogP contribution in [0.25, 0.3) is 0 Å². The number of hydrogen-bond donors (Lipinski definition) is 1. The lowest BCUT2D eigenvalue weighted by atomic mass is 10.4. The number of carbonyl (C=O) groups is 9. The molecular formula is C36H46N4O20. The number of morpholine rings is 2. The van der Waals surface area contributed by atoms with Gasteiger partial charge in [-0.3, -0.25) is 28.9 Å². The fourth-order valence-corrected chi connectivity index (χ4v) is 3.94. The Hall–Kier alpha value is -6.85. The molecule has 4 aliphatic heterocycles. The van der Waals surface area contributed by atoms with E-state index >= 15 is 0 Å². The number of hydroxylamine groups is 4. The number of rotatable bonds is 5. The smallest absolute Gasteiger partial charge is 0.459 e. The number of amides is 6. The van der Waals surface area contributed by atoms with Crippen LogP contribution in [0.15, 0.2) is 12.7 Å². The molecular weight excluding hydrogens is 808 g/mol. The molecule has 0 spiro atoms. The third-order valence-electron chi connectivity index (χ3n) is 6.91. The van der Waals surface area contributed by atoms with Gasteiger partial charge >= 0.3 is 36.4 Å². The highest BCUT2D eigenvalue weighted by Gasteiger charge is 2.37. The summed E-state index contributed by atoms with van der Waals surface area (Å²) in [5, 5.41) is 9.03.